The average molecular weight is 254 g/mol. The van der Waals surface area contributed by atoms with E-state index in [1.165, 1.54) is 6.92 Å². The van der Waals surface area contributed by atoms with E-state index in [2.05, 4.69) is 9.72 Å². The Hall–Kier alpha value is -1.30. The Morgan fingerprint density at radius 1 is 1.62 bits per heavy atom. The third-order valence-corrected chi connectivity index (χ3v) is 2.00. The summed E-state index contributed by atoms with van der Waals surface area (Å²) in [5.74, 6) is -2.51. The van der Waals surface area contributed by atoms with E-state index < -0.39 is 34.5 Å². The first kappa shape index (κ1) is 12.8. The lowest BCUT2D eigenvalue weighted by Gasteiger charge is -2.08. The van der Waals surface area contributed by atoms with Crippen LogP contribution in [0.1, 0.15) is 29.3 Å². The molecular formula is C9H7ClF3NO2. The number of halogens is 4. The van der Waals surface area contributed by atoms with Gasteiger partial charge in [-0.1, -0.05) is 11.6 Å². The van der Waals surface area contributed by atoms with E-state index in [1.54, 1.807) is 0 Å². The van der Waals surface area contributed by atoms with E-state index in [0.717, 1.165) is 0 Å². The van der Waals surface area contributed by atoms with Crippen LogP contribution >= 0.6 is 11.6 Å². The number of carbonyl (C=O) groups is 1. The van der Waals surface area contributed by atoms with Crippen molar-refractivity contribution in [1.29, 1.82) is 0 Å². The SMILES string of the molecule is CCOC(=O)c1c(Cl)ncc(C(F)F)c1F. The molecule has 0 saturated carbocycles. The zero-order valence-electron chi connectivity index (χ0n) is 8.14. The second-order valence-electron chi connectivity index (χ2n) is 2.71. The fraction of sp³-hybridized carbons (Fsp3) is 0.333. The molecule has 0 aromatic carbocycles. The highest BCUT2D eigenvalue weighted by Crippen LogP contribution is 2.27. The van der Waals surface area contributed by atoms with Crippen LogP contribution in [0.4, 0.5) is 13.2 Å². The summed E-state index contributed by atoms with van der Waals surface area (Å²) in [7, 11) is 0. The first-order valence-corrected chi connectivity index (χ1v) is 4.66. The van der Waals surface area contributed by atoms with Crippen LogP contribution in [0.2, 0.25) is 5.15 Å². The molecule has 0 bridgehead atoms. The molecule has 1 aromatic rings. The van der Waals surface area contributed by atoms with Crippen LogP contribution in [-0.2, 0) is 4.74 Å². The summed E-state index contributed by atoms with van der Waals surface area (Å²) >= 11 is 5.44. The number of ether oxygens (including phenoxy) is 1. The molecule has 3 nitrogen and oxygen atoms in total. The van der Waals surface area contributed by atoms with Crippen molar-refractivity contribution >= 4 is 17.6 Å². The molecule has 1 aromatic heterocycles. The topological polar surface area (TPSA) is 39.2 Å². The molecule has 0 N–H and O–H groups in total. The van der Waals surface area contributed by atoms with Crippen LogP contribution in [0, 0.1) is 5.82 Å². The predicted octanol–water partition coefficient (Wildman–Crippen LogP) is 2.99. The highest BCUT2D eigenvalue weighted by molar-refractivity contribution is 6.32. The van der Waals surface area contributed by atoms with Crippen LogP contribution in [0.25, 0.3) is 0 Å². The number of rotatable bonds is 3. The van der Waals surface area contributed by atoms with Crippen molar-refractivity contribution in [2.45, 2.75) is 13.3 Å². The maximum absolute atomic E-state index is 13.5. The predicted molar refractivity (Wildman–Crippen MR) is 50.1 cm³/mol. The molecule has 0 aliphatic rings. The second-order valence-corrected chi connectivity index (χ2v) is 3.07. The standard InChI is InChI=1S/C9H7ClF3NO2/c1-2-16-9(15)5-6(11)4(8(12)13)3-14-7(5)10/h3,8H,2H2,1H3. The van der Waals surface area contributed by atoms with Crippen LogP contribution in [0.5, 0.6) is 0 Å². The van der Waals surface area contributed by atoms with Gasteiger partial charge in [-0.3, -0.25) is 0 Å². The van der Waals surface area contributed by atoms with Crippen molar-refractivity contribution in [1.82, 2.24) is 4.98 Å². The molecule has 0 unspecified atom stereocenters. The van der Waals surface area contributed by atoms with Crippen molar-refractivity contribution in [2.24, 2.45) is 0 Å². The first-order valence-electron chi connectivity index (χ1n) is 4.28. The minimum absolute atomic E-state index is 0.0203. The monoisotopic (exact) mass is 253 g/mol. The summed E-state index contributed by atoms with van der Waals surface area (Å²) in [4.78, 5) is 14.5. The van der Waals surface area contributed by atoms with Gasteiger partial charge in [0.05, 0.1) is 12.2 Å². The van der Waals surface area contributed by atoms with Gasteiger partial charge in [0.25, 0.3) is 6.43 Å². The van der Waals surface area contributed by atoms with Gasteiger partial charge in [-0.15, -0.1) is 0 Å². The number of hydrogen-bond acceptors (Lipinski definition) is 3. The van der Waals surface area contributed by atoms with Gasteiger partial charge in [0.15, 0.2) is 5.82 Å². The summed E-state index contributed by atoms with van der Waals surface area (Å²) < 4.78 is 42.6. The molecule has 0 aliphatic carbocycles. The maximum atomic E-state index is 13.5. The van der Waals surface area contributed by atoms with Crippen molar-refractivity contribution in [3.05, 3.63) is 28.3 Å². The molecule has 0 radical (unpaired) electrons. The van der Waals surface area contributed by atoms with Gasteiger partial charge in [-0.05, 0) is 6.92 Å². The highest BCUT2D eigenvalue weighted by atomic mass is 35.5. The van der Waals surface area contributed by atoms with Crippen LogP contribution in [-0.4, -0.2) is 17.6 Å². The Balaban J connectivity index is 3.26. The maximum Gasteiger partial charge on any atom is 0.344 e. The molecule has 1 rings (SSSR count). The summed E-state index contributed by atoms with van der Waals surface area (Å²) in [6.07, 6.45) is -2.48. The summed E-state index contributed by atoms with van der Waals surface area (Å²) in [6.45, 7) is 1.47. The Morgan fingerprint density at radius 2 is 2.25 bits per heavy atom. The van der Waals surface area contributed by atoms with Crippen molar-refractivity contribution in [2.75, 3.05) is 6.61 Å². The summed E-state index contributed by atoms with van der Waals surface area (Å²) in [5.41, 5.74) is -1.74. The lowest BCUT2D eigenvalue weighted by molar-refractivity contribution is 0.0519. The first-order chi connectivity index (χ1) is 7.49. The third kappa shape index (κ3) is 2.44. The van der Waals surface area contributed by atoms with Gasteiger partial charge >= 0.3 is 5.97 Å². The van der Waals surface area contributed by atoms with E-state index in [0.29, 0.717) is 6.20 Å². The molecule has 0 saturated heterocycles. The van der Waals surface area contributed by atoms with E-state index in [1.807, 2.05) is 0 Å². The van der Waals surface area contributed by atoms with Gasteiger partial charge in [0.1, 0.15) is 10.7 Å². The lowest BCUT2D eigenvalue weighted by Crippen LogP contribution is -2.11. The minimum atomic E-state index is -3.07. The fourth-order valence-electron chi connectivity index (χ4n) is 1.01. The number of esters is 1. The smallest absolute Gasteiger partial charge is 0.344 e. The van der Waals surface area contributed by atoms with Crippen LogP contribution in [0.3, 0.4) is 0 Å². The average Bonchev–Trinajstić information content (AvgIpc) is 2.17. The molecule has 0 atom stereocenters. The summed E-state index contributed by atoms with van der Waals surface area (Å²) in [5, 5.41) is -0.500. The Bertz CT molecular complexity index is 412. The third-order valence-electron chi connectivity index (χ3n) is 1.71. The van der Waals surface area contributed by atoms with Gasteiger partial charge in [0.2, 0.25) is 0 Å². The molecule has 0 fully saturated rings. The fourth-order valence-corrected chi connectivity index (χ4v) is 1.22. The van der Waals surface area contributed by atoms with Gasteiger partial charge in [0, 0.05) is 6.20 Å². The number of carbonyl (C=O) groups excluding carboxylic acids is 1. The van der Waals surface area contributed by atoms with Crippen molar-refractivity contribution in [3.8, 4) is 0 Å². The van der Waals surface area contributed by atoms with E-state index in [4.69, 9.17) is 11.6 Å². The molecule has 16 heavy (non-hydrogen) atoms. The number of pyridine rings is 1. The summed E-state index contributed by atoms with van der Waals surface area (Å²) in [6, 6.07) is 0. The number of hydrogen-bond donors (Lipinski definition) is 0. The van der Waals surface area contributed by atoms with E-state index in [9.17, 15) is 18.0 Å². The molecule has 0 aliphatic heterocycles. The zero-order chi connectivity index (χ0) is 12.3. The zero-order valence-corrected chi connectivity index (χ0v) is 8.89. The molecule has 1 heterocycles. The van der Waals surface area contributed by atoms with Crippen molar-refractivity contribution < 1.29 is 22.7 Å². The molecule has 7 heteroatoms. The second kappa shape index (κ2) is 5.16. The van der Waals surface area contributed by atoms with Crippen LogP contribution in [0.15, 0.2) is 6.20 Å². The normalized spacial score (nSPS) is 10.6. The number of aromatic nitrogens is 1. The van der Waals surface area contributed by atoms with Crippen LogP contribution < -0.4 is 0 Å². The largest absolute Gasteiger partial charge is 0.462 e. The highest BCUT2D eigenvalue weighted by Gasteiger charge is 2.25. The Labute approximate surface area is 94.2 Å². The number of nitrogens with zero attached hydrogens (tertiary/aromatic N) is 1. The molecule has 0 amide bonds. The van der Waals surface area contributed by atoms with Gasteiger partial charge < -0.3 is 4.74 Å². The van der Waals surface area contributed by atoms with Gasteiger partial charge in [-0.25, -0.2) is 22.9 Å². The van der Waals surface area contributed by atoms with Gasteiger partial charge in [-0.2, -0.15) is 0 Å². The van der Waals surface area contributed by atoms with E-state index in [-0.39, 0.29) is 6.61 Å². The van der Waals surface area contributed by atoms with E-state index >= 15 is 0 Å². The van der Waals surface area contributed by atoms with Crippen molar-refractivity contribution in [3.63, 3.8) is 0 Å². The molecule has 0 spiro atoms. The molecule has 88 valence electrons. The Morgan fingerprint density at radius 3 is 2.75 bits per heavy atom. The minimum Gasteiger partial charge on any atom is -0.462 e. The lowest BCUT2D eigenvalue weighted by atomic mass is 10.2. The Kier molecular flexibility index (Phi) is 4.12. The molecular weight excluding hydrogens is 247 g/mol. The quantitative estimate of drug-likeness (QED) is 0.614. The number of alkyl halides is 2.